The second-order valence-corrected chi connectivity index (χ2v) is 1.70. The molecule has 0 aromatic heterocycles. The van der Waals surface area contributed by atoms with Gasteiger partial charge in [0.25, 0.3) is 0 Å². The second kappa shape index (κ2) is 6.54. The second-order valence-electron chi connectivity index (χ2n) is 1.70. The fraction of sp³-hybridized carbons (Fsp3) is 0.143. The summed E-state index contributed by atoms with van der Waals surface area (Å²) in [6, 6.07) is 0. The molecule has 0 saturated heterocycles. The van der Waals surface area contributed by atoms with Gasteiger partial charge in [-0.3, -0.25) is 0 Å². The molecule has 0 saturated carbocycles. The van der Waals surface area contributed by atoms with Gasteiger partial charge in [-0.05, 0) is 13.0 Å². The van der Waals surface area contributed by atoms with Crippen LogP contribution in [-0.2, 0) is 0 Å². The van der Waals surface area contributed by atoms with Crippen molar-refractivity contribution in [3.05, 3.63) is 24.3 Å². The van der Waals surface area contributed by atoms with E-state index in [1.165, 1.54) is 6.21 Å². The zero-order valence-corrected chi connectivity index (χ0v) is 6.44. The molecule has 60 valence electrons. The van der Waals surface area contributed by atoms with E-state index < -0.39 is 0 Å². The Labute approximate surface area is 66.0 Å². The Morgan fingerprint density at radius 3 is 2.45 bits per heavy atom. The Balaban J connectivity index is 3.69. The lowest BCUT2D eigenvalue weighted by Gasteiger charge is -1.80. The molecule has 0 aliphatic rings. The molecule has 0 spiro atoms. The van der Waals surface area contributed by atoms with E-state index in [-0.39, 0.29) is 5.96 Å². The lowest BCUT2D eigenvalue weighted by atomic mass is 10.4. The van der Waals surface area contributed by atoms with Crippen LogP contribution < -0.4 is 11.5 Å². The van der Waals surface area contributed by atoms with Crippen LogP contribution in [0.25, 0.3) is 0 Å². The molecule has 4 N–H and O–H groups in total. The molecule has 4 heteroatoms. The van der Waals surface area contributed by atoms with Gasteiger partial charge in [0.05, 0.1) is 0 Å². The van der Waals surface area contributed by atoms with Crippen molar-refractivity contribution in [3.8, 4) is 0 Å². The van der Waals surface area contributed by atoms with Crippen LogP contribution in [0.15, 0.2) is 34.5 Å². The zero-order chi connectivity index (χ0) is 8.53. The van der Waals surface area contributed by atoms with Gasteiger partial charge in [0.1, 0.15) is 0 Å². The number of nitrogens with two attached hydrogens (primary N) is 2. The van der Waals surface area contributed by atoms with Gasteiger partial charge in [0.15, 0.2) is 0 Å². The van der Waals surface area contributed by atoms with E-state index in [0.717, 1.165) is 0 Å². The highest BCUT2D eigenvalue weighted by Gasteiger charge is 1.69. The number of guanidine groups is 1. The Hall–Kier alpha value is -1.58. The van der Waals surface area contributed by atoms with Gasteiger partial charge >= 0.3 is 0 Å². The summed E-state index contributed by atoms with van der Waals surface area (Å²) in [6.45, 7) is 1.93. The average Bonchev–Trinajstić information content (AvgIpc) is 1.96. The molecule has 0 aromatic rings. The Morgan fingerprint density at radius 1 is 1.18 bits per heavy atom. The van der Waals surface area contributed by atoms with Crippen molar-refractivity contribution in [2.45, 2.75) is 6.92 Å². The van der Waals surface area contributed by atoms with Crippen LogP contribution in [0.4, 0.5) is 0 Å². The molecule has 0 fully saturated rings. The number of nitrogens with zero attached hydrogens (tertiary/aromatic N) is 2. The Kier molecular flexibility index (Phi) is 5.60. The van der Waals surface area contributed by atoms with Crippen LogP contribution in [0.2, 0.25) is 0 Å². The molecule has 4 nitrogen and oxygen atoms in total. The molecule has 0 heterocycles. The van der Waals surface area contributed by atoms with Crippen molar-refractivity contribution in [1.29, 1.82) is 0 Å². The molecule has 0 amide bonds. The topological polar surface area (TPSA) is 76.8 Å². The van der Waals surface area contributed by atoms with Crippen LogP contribution in [-0.4, -0.2) is 12.2 Å². The molecular formula is C7H12N4. The van der Waals surface area contributed by atoms with E-state index in [2.05, 4.69) is 10.2 Å². The first-order valence-corrected chi connectivity index (χ1v) is 3.17. The normalized spacial score (nSPS) is 11.7. The van der Waals surface area contributed by atoms with Crippen LogP contribution in [0.5, 0.6) is 0 Å². The third kappa shape index (κ3) is 8.42. The van der Waals surface area contributed by atoms with E-state index in [0.29, 0.717) is 0 Å². The Morgan fingerprint density at radius 2 is 1.91 bits per heavy atom. The first-order valence-electron chi connectivity index (χ1n) is 3.17. The van der Waals surface area contributed by atoms with Crippen LogP contribution in [0.1, 0.15) is 6.92 Å². The summed E-state index contributed by atoms with van der Waals surface area (Å²) in [7, 11) is 0. The lowest BCUT2D eigenvalue weighted by Crippen LogP contribution is -2.21. The highest BCUT2D eigenvalue weighted by molar-refractivity contribution is 5.77. The van der Waals surface area contributed by atoms with Crippen molar-refractivity contribution in [1.82, 2.24) is 0 Å². The fourth-order valence-corrected chi connectivity index (χ4v) is 0.363. The van der Waals surface area contributed by atoms with Crippen LogP contribution in [0.3, 0.4) is 0 Å². The summed E-state index contributed by atoms with van der Waals surface area (Å²) in [6.07, 6.45) is 8.84. The lowest BCUT2D eigenvalue weighted by molar-refractivity contribution is 1.22. The maximum absolute atomic E-state index is 5.01. The van der Waals surface area contributed by atoms with Crippen LogP contribution in [0, 0.1) is 0 Å². The minimum atomic E-state index is -0.0410. The largest absolute Gasteiger partial charge is 0.369 e. The molecule has 0 atom stereocenters. The van der Waals surface area contributed by atoms with E-state index in [1.807, 2.05) is 25.2 Å². The summed E-state index contributed by atoms with van der Waals surface area (Å²) in [4.78, 5) is 0. The molecule has 0 radical (unpaired) electrons. The third-order valence-electron chi connectivity index (χ3n) is 0.741. The van der Waals surface area contributed by atoms with E-state index in [1.54, 1.807) is 6.08 Å². The summed E-state index contributed by atoms with van der Waals surface area (Å²) >= 11 is 0. The molecule has 0 unspecified atom stereocenters. The van der Waals surface area contributed by atoms with E-state index in [4.69, 9.17) is 11.5 Å². The third-order valence-corrected chi connectivity index (χ3v) is 0.741. The number of hydrogen-bond donors (Lipinski definition) is 2. The summed E-state index contributed by atoms with van der Waals surface area (Å²) in [5.74, 6) is -0.0410. The van der Waals surface area contributed by atoms with Gasteiger partial charge in [0, 0.05) is 6.21 Å². The molecule has 11 heavy (non-hydrogen) atoms. The van der Waals surface area contributed by atoms with Gasteiger partial charge in [-0.1, -0.05) is 18.2 Å². The fourth-order valence-electron chi connectivity index (χ4n) is 0.363. The number of allylic oxidation sites excluding steroid dienone is 4. The predicted molar refractivity (Wildman–Crippen MR) is 48.3 cm³/mol. The van der Waals surface area contributed by atoms with Crippen LogP contribution >= 0.6 is 0 Å². The summed E-state index contributed by atoms with van der Waals surface area (Å²) in [5.41, 5.74) is 10.0. The first kappa shape index (κ1) is 9.42. The smallest absolute Gasteiger partial charge is 0.211 e. The molecular weight excluding hydrogens is 140 g/mol. The SMILES string of the molecule is C/C=C/C=C/C=N/N=C(N)N. The number of rotatable bonds is 3. The van der Waals surface area contributed by atoms with Gasteiger partial charge in [0.2, 0.25) is 5.96 Å². The molecule has 0 aromatic carbocycles. The van der Waals surface area contributed by atoms with Crippen molar-refractivity contribution in [3.63, 3.8) is 0 Å². The van der Waals surface area contributed by atoms with Gasteiger partial charge in [-0.15, -0.1) is 5.10 Å². The molecule has 0 aliphatic carbocycles. The highest BCUT2D eigenvalue weighted by atomic mass is 15.3. The maximum atomic E-state index is 5.01. The standard InChI is InChI=1S/C7H12N4/c1-2-3-4-5-6-10-11-7(8)9/h2-6H,1H3,(H4,8,9,11)/b3-2+,5-4+,10-6+. The van der Waals surface area contributed by atoms with Crippen molar-refractivity contribution in [2.24, 2.45) is 21.7 Å². The predicted octanol–water partition coefficient (Wildman–Crippen LogP) is 0.378. The van der Waals surface area contributed by atoms with Gasteiger partial charge in [-0.25, -0.2) is 0 Å². The van der Waals surface area contributed by atoms with Crippen molar-refractivity contribution in [2.75, 3.05) is 0 Å². The van der Waals surface area contributed by atoms with E-state index >= 15 is 0 Å². The highest BCUT2D eigenvalue weighted by Crippen LogP contribution is 1.74. The minimum Gasteiger partial charge on any atom is -0.369 e. The molecule has 0 bridgehead atoms. The molecule has 0 rings (SSSR count). The summed E-state index contributed by atoms with van der Waals surface area (Å²) < 4.78 is 0. The Bertz CT molecular complexity index is 196. The van der Waals surface area contributed by atoms with Gasteiger partial charge < -0.3 is 11.5 Å². The monoisotopic (exact) mass is 152 g/mol. The van der Waals surface area contributed by atoms with Crippen molar-refractivity contribution >= 4 is 12.2 Å². The summed E-state index contributed by atoms with van der Waals surface area (Å²) in [5, 5.41) is 6.92. The van der Waals surface area contributed by atoms with E-state index in [9.17, 15) is 0 Å². The quantitative estimate of drug-likeness (QED) is 0.265. The van der Waals surface area contributed by atoms with Crippen molar-refractivity contribution < 1.29 is 0 Å². The zero-order valence-electron chi connectivity index (χ0n) is 6.44. The molecule has 0 aliphatic heterocycles. The number of hydrogen-bond acceptors (Lipinski definition) is 2. The minimum absolute atomic E-state index is 0.0410. The maximum Gasteiger partial charge on any atom is 0.211 e. The average molecular weight is 152 g/mol. The van der Waals surface area contributed by atoms with Gasteiger partial charge in [-0.2, -0.15) is 5.10 Å². The first-order chi connectivity index (χ1) is 5.27.